The van der Waals surface area contributed by atoms with Crippen LogP contribution in [-0.4, -0.2) is 59.8 Å². The summed E-state index contributed by atoms with van der Waals surface area (Å²) in [6, 6.07) is 3.17. The van der Waals surface area contributed by atoms with Crippen molar-refractivity contribution in [3.05, 3.63) is 24.3 Å². The maximum absolute atomic E-state index is 14.2. The Morgan fingerprint density at radius 1 is 1.14 bits per heavy atom. The summed E-state index contributed by atoms with van der Waals surface area (Å²) in [5, 5.41) is 0. The van der Waals surface area contributed by atoms with Crippen molar-refractivity contribution in [2.24, 2.45) is 5.92 Å². The zero-order chi connectivity index (χ0) is 21.4. The molecule has 2 saturated heterocycles. The van der Waals surface area contributed by atoms with E-state index in [0.717, 1.165) is 29.2 Å². The van der Waals surface area contributed by atoms with Gasteiger partial charge in [0.1, 0.15) is 11.5 Å². The Hall–Kier alpha value is -2.59. The van der Waals surface area contributed by atoms with Gasteiger partial charge in [-0.3, -0.25) is 9.69 Å². The van der Waals surface area contributed by atoms with Crippen molar-refractivity contribution in [3.8, 4) is 11.5 Å². The smallest absolute Gasteiger partial charge is 0.410 e. The fourth-order valence-electron chi connectivity index (χ4n) is 3.56. The molecule has 2 heterocycles. The van der Waals surface area contributed by atoms with Gasteiger partial charge in [-0.05, 0) is 30.2 Å². The Bertz CT molecular complexity index is 769. The van der Waals surface area contributed by atoms with Gasteiger partial charge in [0.25, 0.3) is 5.92 Å². The Kier molecular flexibility index (Phi) is 5.59. The van der Waals surface area contributed by atoms with Gasteiger partial charge in [0.2, 0.25) is 5.91 Å². The number of amides is 2. The third-order valence-corrected chi connectivity index (χ3v) is 4.70. The molecule has 160 valence electrons. The highest BCUT2D eigenvalue weighted by atomic mass is 19.4. The molecule has 6 nitrogen and oxygen atoms in total. The molecule has 2 fully saturated rings. The van der Waals surface area contributed by atoms with Gasteiger partial charge in [-0.1, -0.05) is 6.92 Å². The van der Waals surface area contributed by atoms with Crippen LogP contribution in [0, 0.1) is 5.92 Å². The van der Waals surface area contributed by atoms with Crippen molar-refractivity contribution in [1.82, 2.24) is 9.80 Å². The van der Waals surface area contributed by atoms with Crippen molar-refractivity contribution >= 4 is 12.0 Å². The van der Waals surface area contributed by atoms with Gasteiger partial charge in [0.15, 0.2) is 0 Å². The van der Waals surface area contributed by atoms with Crippen LogP contribution in [-0.2, 0) is 4.79 Å². The summed E-state index contributed by atoms with van der Waals surface area (Å²) in [5.41, 5.74) is 0. The normalized spacial score (nSPS) is 24.6. The molecule has 2 amide bonds. The topological polar surface area (TPSA) is 59.1 Å². The number of likely N-dealkylation sites (tertiary alicyclic amines) is 2. The number of hydrogen-bond acceptors (Lipinski definition) is 4. The second-order valence-electron chi connectivity index (χ2n) is 7.34. The van der Waals surface area contributed by atoms with Gasteiger partial charge in [-0.15, -0.1) is 13.2 Å². The molecule has 0 radical (unpaired) electrons. The van der Waals surface area contributed by atoms with Crippen LogP contribution >= 0.6 is 0 Å². The van der Waals surface area contributed by atoms with E-state index >= 15 is 0 Å². The zero-order valence-electron chi connectivity index (χ0n) is 15.4. The van der Waals surface area contributed by atoms with Crippen LogP contribution in [0.4, 0.5) is 26.7 Å². The number of alkyl halides is 5. The van der Waals surface area contributed by atoms with E-state index in [2.05, 4.69) is 4.74 Å². The summed E-state index contributed by atoms with van der Waals surface area (Å²) in [7, 11) is 0. The summed E-state index contributed by atoms with van der Waals surface area (Å²) < 4.78 is 73.6. The van der Waals surface area contributed by atoms with E-state index in [9.17, 15) is 31.5 Å². The fraction of sp³-hybridized carbons (Fsp3) is 0.556. The van der Waals surface area contributed by atoms with E-state index < -0.39 is 43.1 Å². The molecular formula is C18H19F5N2O4. The first-order chi connectivity index (χ1) is 13.4. The number of halogens is 5. The first-order valence-electron chi connectivity index (χ1n) is 8.92. The lowest BCUT2D eigenvalue weighted by Gasteiger charge is -2.40. The van der Waals surface area contributed by atoms with Crippen LogP contribution in [0.25, 0.3) is 0 Å². The number of hydrogen-bond donors (Lipinski definition) is 0. The second kappa shape index (κ2) is 7.68. The number of rotatable bonds is 3. The SMILES string of the molecule is C[C@H]1CC(=O)N(C2CN(C(=O)Oc3ccc(OC(F)(F)F)cc3)CC(F)(F)C2)C1. The fourth-order valence-corrected chi connectivity index (χ4v) is 3.56. The van der Waals surface area contributed by atoms with Crippen molar-refractivity contribution in [2.45, 2.75) is 38.1 Å². The number of piperidine rings is 1. The van der Waals surface area contributed by atoms with Gasteiger partial charge >= 0.3 is 12.5 Å². The van der Waals surface area contributed by atoms with Crippen LogP contribution in [0.2, 0.25) is 0 Å². The number of carbonyl (C=O) groups excluding carboxylic acids is 2. The van der Waals surface area contributed by atoms with Crippen LogP contribution in [0.5, 0.6) is 11.5 Å². The summed E-state index contributed by atoms with van der Waals surface area (Å²) in [4.78, 5) is 26.6. The second-order valence-corrected chi connectivity index (χ2v) is 7.34. The van der Waals surface area contributed by atoms with E-state index in [0.29, 0.717) is 6.54 Å². The number of carbonyl (C=O) groups is 2. The molecule has 0 N–H and O–H groups in total. The average molecular weight is 422 g/mol. The van der Waals surface area contributed by atoms with Crippen molar-refractivity contribution in [2.75, 3.05) is 19.6 Å². The number of ether oxygens (including phenoxy) is 2. The predicted octanol–water partition coefficient (Wildman–Crippen LogP) is 3.66. The van der Waals surface area contributed by atoms with E-state index in [1.807, 2.05) is 6.92 Å². The molecule has 0 saturated carbocycles. The average Bonchev–Trinajstić information content (AvgIpc) is 2.92. The molecule has 3 rings (SSSR count). The molecular weight excluding hydrogens is 403 g/mol. The molecule has 2 atom stereocenters. The summed E-state index contributed by atoms with van der Waals surface area (Å²) in [6.45, 7) is 1.22. The van der Waals surface area contributed by atoms with Gasteiger partial charge in [0.05, 0.1) is 12.6 Å². The van der Waals surface area contributed by atoms with Gasteiger partial charge in [-0.2, -0.15) is 0 Å². The first kappa shape index (κ1) is 21.1. The summed E-state index contributed by atoms with van der Waals surface area (Å²) in [6.07, 6.45) is -6.20. The summed E-state index contributed by atoms with van der Waals surface area (Å²) in [5.74, 6) is -4.01. The molecule has 29 heavy (non-hydrogen) atoms. The van der Waals surface area contributed by atoms with Crippen molar-refractivity contribution in [3.63, 3.8) is 0 Å². The standard InChI is InChI=1S/C18H19F5N2O4/c1-11-6-15(26)25(8-11)12-7-17(19,20)10-24(9-12)16(27)28-13-2-4-14(5-3-13)29-18(21,22)23/h2-5,11-12H,6-10H2,1H3/t11-,12?/m0/s1. The van der Waals surface area contributed by atoms with E-state index in [-0.39, 0.29) is 30.5 Å². The Morgan fingerprint density at radius 3 is 2.31 bits per heavy atom. The highest BCUT2D eigenvalue weighted by molar-refractivity contribution is 5.79. The largest absolute Gasteiger partial charge is 0.573 e. The molecule has 1 aromatic rings. The molecule has 2 aliphatic rings. The third kappa shape index (κ3) is 5.48. The lowest BCUT2D eigenvalue weighted by atomic mass is 10.0. The van der Waals surface area contributed by atoms with Crippen molar-refractivity contribution in [1.29, 1.82) is 0 Å². The number of nitrogens with zero attached hydrogens (tertiary/aromatic N) is 2. The molecule has 1 aromatic carbocycles. The van der Waals surface area contributed by atoms with Crippen LogP contribution in [0.1, 0.15) is 19.8 Å². The maximum Gasteiger partial charge on any atom is 0.573 e. The van der Waals surface area contributed by atoms with Crippen molar-refractivity contribution < 1.29 is 41.0 Å². The zero-order valence-corrected chi connectivity index (χ0v) is 15.4. The quantitative estimate of drug-likeness (QED) is 0.698. The van der Waals surface area contributed by atoms with Gasteiger partial charge < -0.3 is 14.4 Å². The summed E-state index contributed by atoms with van der Waals surface area (Å²) >= 11 is 0. The number of benzene rings is 1. The molecule has 0 bridgehead atoms. The van der Waals surface area contributed by atoms with Crippen LogP contribution in [0.15, 0.2) is 24.3 Å². The van der Waals surface area contributed by atoms with Crippen LogP contribution in [0.3, 0.4) is 0 Å². The van der Waals surface area contributed by atoms with Crippen LogP contribution < -0.4 is 9.47 Å². The van der Waals surface area contributed by atoms with E-state index in [4.69, 9.17) is 4.74 Å². The minimum absolute atomic E-state index is 0.0517. The highest BCUT2D eigenvalue weighted by Gasteiger charge is 2.46. The highest BCUT2D eigenvalue weighted by Crippen LogP contribution is 2.33. The third-order valence-electron chi connectivity index (χ3n) is 4.70. The lowest BCUT2D eigenvalue weighted by molar-refractivity contribution is -0.274. The van der Waals surface area contributed by atoms with E-state index in [1.165, 1.54) is 4.90 Å². The molecule has 2 aliphatic heterocycles. The molecule has 1 unspecified atom stereocenters. The van der Waals surface area contributed by atoms with E-state index in [1.54, 1.807) is 0 Å². The minimum Gasteiger partial charge on any atom is -0.410 e. The minimum atomic E-state index is -4.86. The Balaban J connectivity index is 1.65. The maximum atomic E-state index is 14.2. The van der Waals surface area contributed by atoms with Gasteiger partial charge in [-0.25, -0.2) is 13.6 Å². The molecule has 0 spiro atoms. The lowest BCUT2D eigenvalue weighted by Crippen LogP contribution is -2.57. The molecule has 11 heteroatoms. The molecule has 0 aliphatic carbocycles. The Labute approximate surface area is 163 Å². The predicted molar refractivity (Wildman–Crippen MR) is 89.6 cm³/mol. The van der Waals surface area contributed by atoms with Gasteiger partial charge in [0, 0.05) is 25.9 Å². The Morgan fingerprint density at radius 2 is 1.76 bits per heavy atom. The monoisotopic (exact) mass is 422 g/mol. The first-order valence-corrected chi connectivity index (χ1v) is 8.92. The molecule has 0 aromatic heterocycles.